The highest BCUT2D eigenvalue weighted by Crippen LogP contribution is 2.17. The summed E-state index contributed by atoms with van der Waals surface area (Å²) in [7, 11) is 0. The molecule has 0 aromatic heterocycles. The van der Waals surface area contributed by atoms with Gasteiger partial charge in [0, 0.05) is 36.8 Å². The van der Waals surface area contributed by atoms with Crippen LogP contribution in [0.2, 0.25) is 0 Å². The Bertz CT molecular complexity index is 788. The zero-order chi connectivity index (χ0) is 17.8. The topological polar surface area (TPSA) is 70.2 Å². The fraction of sp³-hybridized carbons (Fsp3) is 0.300. The minimum absolute atomic E-state index is 0. The van der Waals surface area contributed by atoms with E-state index in [2.05, 4.69) is 34.1 Å². The van der Waals surface area contributed by atoms with E-state index >= 15 is 0 Å². The lowest BCUT2D eigenvalue weighted by Gasteiger charge is -2.09. The smallest absolute Gasteiger partial charge is 0.251 e. The van der Waals surface area contributed by atoms with Crippen molar-refractivity contribution in [3.63, 3.8) is 0 Å². The van der Waals surface area contributed by atoms with Crippen LogP contribution in [0.15, 0.2) is 42.5 Å². The van der Waals surface area contributed by atoms with Crippen molar-refractivity contribution in [2.45, 2.75) is 33.5 Å². The molecule has 0 bridgehead atoms. The molecule has 6 heteroatoms. The van der Waals surface area contributed by atoms with Crippen molar-refractivity contribution in [1.82, 2.24) is 10.6 Å². The first kappa shape index (κ1) is 19.9. The second kappa shape index (κ2) is 8.83. The van der Waals surface area contributed by atoms with Crippen LogP contribution < -0.4 is 16.0 Å². The summed E-state index contributed by atoms with van der Waals surface area (Å²) in [6, 6.07) is 13.2. The molecule has 0 atom stereocenters. The third-order valence-corrected chi connectivity index (χ3v) is 4.29. The maximum absolute atomic E-state index is 12.3. The molecule has 3 rings (SSSR count). The molecule has 0 radical (unpaired) electrons. The summed E-state index contributed by atoms with van der Waals surface area (Å²) >= 11 is 0. The van der Waals surface area contributed by atoms with E-state index in [1.807, 2.05) is 13.8 Å². The lowest BCUT2D eigenvalue weighted by molar-refractivity contribution is -0.118. The molecule has 138 valence electrons. The van der Waals surface area contributed by atoms with Crippen LogP contribution in [0.3, 0.4) is 0 Å². The van der Waals surface area contributed by atoms with Gasteiger partial charge >= 0.3 is 0 Å². The Morgan fingerprint density at radius 3 is 2.42 bits per heavy atom. The first-order chi connectivity index (χ1) is 12.0. The number of rotatable bonds is 5. The van der Waals surface area contributed by atoms with Crippen molar-refractivity contribution in [3.05, 3.63) is 64.7 Å². The van der Waals surface area contributed by atoms with Crippen LogP contribution in [0.5, 0.6) is 0 Å². The molecule has 3 N–H and O–H groups in total. The number of anilines is 1. The maximum atomic E-state index is 12.3. The quantitative estimate of drug-likeness (QED) is 0.753. The minimum Gasteiger partial charge on any atom is -0.348 e. The van der Waals surface area contributed by atoms with Gasteiger partial charge in [-0.3, -0.25) is 9.59 Å². The summed E-state index contributed by atoms with van der Waals surface area (Å²) in [5.74, 6) is -0.242. The number of fused-ring (bicyclic) bond motifs is 1. The molecule has 0 unspecified atom stereocenters. The van der Waals surface area contributed by atoms with E-state index in [1.165, 1.54) is 11.1 Å². The zero-order valence-corrected chi connectivity index (χ0v) is 15.8. The lowest BCUT2D eigenvalue weighted by Crippen LogP contribution is -2.23. The molecule has 0 saturated carbocycles. The summed E-state index contributed by atoms with van der Waals surface area (Å²) in [5, 5.41) is 9.06. The Kier molecular flexibility index (Phi) is 6.77. The highest BCUT2D eigenvalue weighted by Gasteiger charge is 2.11. The van der Waals surface area contributed by atoms with Gasteiger partial charge in [0.2, 0.25) is 5.91 Å². The molecule has 1 heterocycles. The molecular weight excluding hydrogens is 350 g/mol. The van der Waals surface area contributed by atoms with E-state index in [4.69, 9.17) is 0 Å². The predicted molar refractivity (Wildman–Crippen MR) is 105 cm³/mol. The second-order valence-corrected chi connectivity index (χ2v) is 6.61. The van der Waals surface area contributed by atoms with Crippen LogP contribution in [0.25, 0.3) is 0 Å². The summed E-state index contributed by atoms with van der Waals surface area (Å²) in [4.78, 5) is 24.0. The molecule has 26 heavy (non-hydrogen) atoms. The van der Waals surface area contributed by atoms with E-state index in [1.54, 1.807) is 24.3 Å². The van der Waals surface area contributed by atoms with Gasteiger partial charge in [-0.1, -0.05) is 32.0 Å². The summed E-state index contributed by atoms with van der Waals surface area (Å²) in [6.07, 6.45) is 0. The number of carbonyl (C=O) groups is 2. The van der Waals surface area contributed by atoms with Crippen molar-refractivity contribution in [1.29, 1.82) is 0 Å². The Labute approximate surface area is 160 Å². The van der Waals surface area contributed by atoms with Gasteiger partial charge in [0.1, 0.15) is 0 Å². The van der Waals surface area contributed by atoms with Crippen LogP contribution in [0, 0.1) is 5.92 Å². The summed E-state index contributed by atoms with van der Waals surface area (Å²) in [5.41, 5.74) is 4.99. The van der Waals surface area contributed by atoms with Gasteiger partial charge in [-0.2, -0.15) is 0 Å². The largest absolute Gasteiger partial charge is 0.348 e. The number of carbonyl (C=O) groups excluding carboxylic acids is 2. The molecule has 0 aliphatic carbocycles. The first-order valence-corrected chi connectivity index (χ1v) is 8.53. The SMILES string of the molecule is CC(C)C(=O)Nc1ccc(C(=O)NCc2ccc3c(c2)CNC3)cc1.Cl. The van der Waals surface area contributed by atoms with Crippen molar-refractivity contribution in [3.8, 4) is 0 Å². The van der Waals surface area contributed by atoms with E-state index < -0.39 is 0 Å². The van der Waals surface area contributed by atoms with Gasteiger partial charge in [-0.05, 0) is 41.0 Å². The van der Waals surface area contributed by atoms with Gasteiger partial charge in [0.25, 0.3) is 5.91 Å². The van der Waals surface area contributed by atoms with Crippen molar-refractivity contribution < 1.29 is 9.59 Å². The number of nitrogens with one attached hydrogen (secondary N) is 3. The highest BCUT2D eigenvalue weighted by molar-refractivity contribution is 5.96. The van der Waals surface area contributed by atoms with E-state index in [0.717, 1.165) is 18.7 Å². The Hall–Kier alpha value is -2.37. The normalized spacial score (nSPS) is 12.3. The van der Waals surface area contributed by atoms with Crippen molar-refractivity contribution >= 4 is 29.9 Å². The van der Waals surface area contributed by atoms with Gasteiger partial charge in [0.15, 0.2) is 0 Å². The average Bonchev–Trinajstić information content (AvgIpc) is 3.08. The fourth-order valence-electron chi connectivity index (χ4n) is 2.73. The Morgan fingerprint density at radius 2 is 1.73 bits per heavy atom. The highest BCUT2D eigenvalue weighted by atomic mass is 35.5. The van der Waals surface area contributed by atoms with E-state index in [-0.39, 0.29) is 30.1 Å². The van der Waals surface area contributed by atoms with Gasteiger partial charge in [-0.25, -0.2) is 0 Å². The summed E-state index contributed by atoms with van der Waals surface area (Å²) in [6.45, 7) is 5.98. The number of hydrogen-bond donors (Lipinski definition) is 3. The standard InChI is InChI=1S/C20H23N3O2.ClH/c1-13(2)19(24)23-18-7-5-15(6-8-18)20(25)22-10-14-3-4-16-11-21-12-17(16)9-14;/h3-9,13,21H,10-12H2,1-2H3,(H,22,25)(H,23,24);1H. The van der Waals surface area contributed by atoms with Gasteiger partial charge in [0.05, 0.1) is 0 Å². The molecule has 0 spiro atoms. The number of hydrogen-bond acceptors (Lipinski definition) is 3. The van der Waals surface area contributed by atoms with Gasteiger partial charge in [-0.15, -0.1) is 12.4 Å². The van der Waals surface area contributed by atoms with Crippen LogP contribution in [0.1, 0.15) is 40.9 Å². The molecule has 0 fully saturated rings. The average molecular weight is 374 g/mol. The third-order valence-electron chi connectivity index (χ3n) is 4.29. The first-order valence-electron chi connectivity index (χ1n) is 8.53. The molecule has 0 saturated heterocycles. The number of amides is 2. The minimum atomic E-state index is -0.125. The van der Waals surface area contributed by atoms with Crippen LogP contribution in [-0.2, 0) is 24.4 Å². The van der Waals surface area contributed by atoms with Crippen LogP contribution in [-0.4, -0.2) is 11.8 Å². The Morgan fingerprint density at radius 1 is 1.04 bits per heavy atom. The van der Waals surface area contributed by atoms with E-state index in [9.17, 15) is 9.59 Å². The summed E-state index contributed by atoms with van der Waals surface area (Å²) < 4.78 is 0. The van der Waals surface area contributed by atoms with Crippen molar-refractivity contribution in [2.24, 2.45) is 5.92 Å². The molecular formula is C20H24ClN3O2. The van der Waals surface area contributed by atoms with Crippen LogP contribution in [0.4, 0.5) is 5.69 Å². The molecule has 2 amide bonds. The number of benzene rings is 2. The van der Waals surface area contributed by atoms with Gasteiger partial charge < -0.3 is 16.0 Å². The molecule has 1 aliphatic heterocycles. The predicted octanol–water partition coefficient (Wildman–Crippen LogP) is 3.24. The third kappa shape index (κ3) is 4.84. The molecule has 1 aliphatic rings. The monoisotopic (exact) mass is 373 g/mol. The molecule has 2 aromatic rings. The van der Waals surface area contributed by atoms with Crippen LogP contribution >= 0.6 is 12.4 Å². The lowest BCUT2D eigenvalue weighted by atomic mass is 10.1. The van der Waals surface area contributed by atoms with Crippen molar-refractivity contribution in [2.75, 3.05) is 5.32 Å². The second-order valence-electron chi connectivity index (χ2n) is 6.61. The molecule has 5 nitrogen and oxygen atoms in total. The maximum Gasteiger partial charge on any atom is 0.251 e. The zero-order valence-electron chi connectivity index (χ0n) is 15.0. The Balaban J connectivity index is 0.00000243. The van der Waals surface area contributed by atoms with E-state index in [0.29, 0.717) is 17.8 Å². The molecule has 2 aromatic carbocycles. The fourth-order valence-corrected chi connectivity index (χ4v) is 2.73. The number of halogens is 1.